The zero-order chi connectivity index (χ0) is 30.1. The average Bonchev–Trinajstić information content (AvgIpc) is 2.95. The van der Waals surface area contributed by atoms with E-state index in [1.165, 1.54) is 0 Å². The molecular formula is C23H38N5O6P5S+2. The van der Waals surface area contributed by atoms with Gasteiger partial charge in [0.1, 0.15) is 16.8 Å². The van der Waals surface area contributed by atoms with Gasteiger partial charge in [0.05, 0.1) is 21.0 Å². The van der Waals surface area contributed by atoms with Crippen LogP contribution >= 0.6 is 38.7 Å². The number of ether oxygens (including phenoxy) is 2. The SMILES string of the molecule is CCC(C)(Oc1ccc(/C=N/N(C)[P+](=S)C(C)(CC)Oc2ccc(C(O)O[P+](=O)O)cc2)cc1)P(N)P(N)PN. The number of nitrogens with two attached hydrogens (primary N) is 3. The smallest absolute Gasteiger partial charge is 0.481 e. The van der Waals surface area contributed by atoms with Crippen molar-refractivity contribution in [3.63, 3.8) is 0 Å². The van der Waals surface area contributed by atoms with Gasteiger partial charge in [0.2, 0.25) is 6.29 Å². The number of hydrazone groups is 1. The Morgan fingerprint density at radius 1 is 1.10 bits per heavy atom. The van der Waals surface area contributed by atoms with E-state index < -0.39 is 47.3 Å². The maximum absolute atomic E-state index is 10.8. The van der Waals surface area contributed by atoms with Gasteiger partial charge < -0.3 is 31.1 Å². The van der Waals surface area contributed by atoms with E-state index in [9.17, 15) is 9.67 Å². The highest BCUT2D eigenvalue weighted by Crippen LogP contribution is 2.74. The maximum atomic E-state index is 10.8. The minimum Gasteiger partial charge on any atom is -0.481 e. The first-order chi connectivity index (χ1) is 18.8. The van der Waals surface area contributed by atoms with E-state index in [4.69, 9.17) is 42.7 Å². The second-order valence-electron chi connectivity index (χ2n) is 8.92. The Bertz CT molecular complexity index is 1170. The van der Waals surface area contributed by atoms with Crippen LogP contribution in [0.1, 0.15) is 58.0 Å². The van der Waals surface area contributed by atoms with Crippen molar-refractivity contribution in [2.24, 2.45) is 21.6 Å². The van der Waals surface area contributed by atoms with Crippen LogP contribution in [0.4, 0.5) is 0 Å². The number of hydrogen-bond acceptors (Lipinski definition) is 10. The first-order valence-corrected chi connectivity index (χ1v) is 21.1. The minimum atomic E-state index is -2.93. The van der Waals surface area contributed by atoms with Crippen LogP contribution in [0, 0.1) is 0 Å². The van der Waals surface area contributed by atoms with E-state index in [0.29, 0.717) is 23.5 Å². The van der Waals surface area contributed by atoms with E-state index in [0.717, 1.165) is 12.0 Å². The van der Waals surface area contributed by atoms with Crippen LogP contribution in [0.5, 0.6) is 11.5 Å². The number of rotatable bonds is 16. The number of hydrogen-bond donors (Lipinski definition) is 5. The molecule has 0 fully saturated rings. The summed E-state index contributed by atoms with van der Waals surface area (Å²) in [7, 11) is -2.99. The molecule has 17 heteroatoms. The van der Waals surface area contributed by atoms with Crippen molar-refractivity contribution >= 4 is 56.8 Å². The molecule has 2 rings (SSSR count). The molecule has 0 aliphatic heterocycles. The lowest BCUT2D eigenvalue weighted by molar-refractivity contribution is -0.0207. The summed E-state index contributed by atoms with van der Waals surface area (Å²) in [5, 5.41) is 13.1. The van der Waals surface area contributed by atoms with Gasteiger partial charge in [0.15, 0.2) is 11.8 Å². The lowest BCUT2D eigenvalue weighted by atomic mass is 10.2. The lowest BCUT2D eigenvalue weighted by Gasteiger charge is -2.37. The molecule has 220 valence electrons. The van der Waals surface area contributed by atoms with E-state index in [1.54, 1.807) is 35.3 Å². The Morgan fingerprint density at radius 2 is 1.65 bits per heavy atom. The topological polar surface area (TPSA) is 179 Å². The molecule has 8 N–H and O–H groups in total. The van der Waals surface area contributed by atoms with Crippen molar-refractivity contribution in [2.75, 3.05) is 7.05 Å². The number of nitrogens with zero attached hydrogens (tertiary/aromatic N) is 2. The first kappa shape index (κ1) is 35.4. The molecule has 2 aromatic rings. The standard InChI is InChI=1S/C23H37N5O6P5S/c1-6-22(3,36(25)38(26)35-24)32-19-12-8-17(9-13-19)16-27-28(5)37(40)23(4,7-2)33-20-14-10-18(11-15-20)21(29)34-39(30)31/h8-16,21,29,35H,6-7,24-26H2,1-5H3/q+1/p+1/b27-16+. The van der Waals surface area contributed by atoms with Gasteiger partial charge in [0.25, 0.3) is 5.34 Å². The summed E-state index contributed by atoms with van der Waals surface area (Å²) in [6, 6.07) is 14.0. The van der Waals surface area contributed by atoms with Gasteiger partial charge in [0, 0.05) is 30.9 Å². The van der Waals surface area contributed by atoms with E-state index in [-0.39, 0.29) is 8.42 Å². The van der Waals surface area contributed by atoms with Crippen molar-refractivity contribution < 1.29 is 28.6 Å². The van der Waals surface area contributed by atoms with Gasteiger partial charge in [-0.1, -0.05) is 30.5 Å². The molecule has 2 aromatic carbocycles. The molecule has 0 saturated carbocycles. The normalized spacial score (nSPS) is 18.1. The van der Waals surface area contributed by atoms with E-state index in [2.05, 4.69) is 9.63 Å². The van der Waals surface area contributed by atoms with Crippen LogP contribution in [-0.4, -0.2) is 38.7 Å². The highest BCUT2D eigenvalue weighted by molar-refractivity contribution is 8.55. The maximum Gasteiger partial charge on any atom is 0.697 e. The summed E-state index contributed by atoms with van der Waals surface area (Å²) in [5.74, 6) is 1.23. The third-order valence-corrected chi connectivity index (χ3v) is 18.7. The fourth-order valence-corrected chi connectivity index (χ4v) is 11.8. The average molecular weight is 668 g/mol. The Hall–Kier alpha value is -0.820. The second-order valence-corrected chi connectivity index (χ2v) is 21.2. The molecule has 0 bridgehead atoms. The molecule has 0 amide bonds. The van der Waals surface area contributed by atoms with E-state index >= 15 is 0 Å². The predicted molar refractivity (Wildman–Crippen MR) is 172 cm³/mol. The van der Waals surface area contributed by atoms with Gasteiger partial charge in [-0.2, -0.15) is 0 Å². The monoisotopic (exact) mass is 667 g/mol. The number of aliphatic hydroxyl groups is 1. The zero-order valence-corrected chi connectivity index (χ0v) is 28.4. The summed E-state index contributed by atoms with van der Waals surface area (Å²) in [6.45, 7) is 6.64. The van der Waals surface area contributed by atoms with Crippen LogP contribution in [0.15, 0.2) is 53.6 Å². The third kappa shape index (κ3) is 9.88. The molecule has 0 saturated heterocycles. The summed E-state index contributed by atoms with van der Waals surface area (Å²) in [4.78, 5) is 8.82. The minimum absolute atomic E-state index is 0.125. The molecule has 0 aromatic heterocycles. The van der Waals surface area contributed by atoms with E-state index in [1.807, 2.05) is 59.0 Å². The molecule has 11 nitrogen and oxygen atoms in total. The Balaban J connectivity index is 2.07. The van der Waals surface area contributed by atoms with Crippen LogP contribution in [0.2, 0.25) is 0 Å². The van der Waals surface area contributed by atoms with Gasteiger partial charge in [-0.15, -0.1) is 14.8 Å². The zero-order valence-electron chi connectivity index (χ0n) is 23.0. The van der Waals surface area contributed by atoms with Crippen molar-refractivity contribution in [3.8, 4) is 11.5 Å². The highest BCUT2D eigenvalue weighted by Gasteiger charge is 2.45. The van der Waals surface area contributed by atoms with Gasteiger partial charge in [-0.25, -0.2) is 0 Å². The fourth-order valence-electron chi connectivity index (χ4n) is 3.30. The lowest BCUT2D eigenvalue weighted by Crippen LogP contribution is -2.31. The van der Waals surface area contributed by atoms with Gasteiger partial charge in [-0.05, 0) is 63.7 Å². The van der Waals surface area contributed by atoms with Crippen LogP contribution < -0.4 is 26.0 Å². The Labute approximate surface area is 246 Å². The summed E-state index contributed by atoms with van der Waals surface area (Å²) in [5.41, 5.74) is 19.6. The molecule has 0 heterocycles. The molecule has 0 spiro atoms. The third-order valence-electron chi connectivity index (χ3n) is 6.11. The number of aliphatic hydroxyl groups excluding tert-OH is 1. The molecule has 0 aliphatic rings. The molecular weight excluding hydrogens is 629 g/mol. The van der Waals surface area contributed by atoms with Crippen LogP contribution in [-0.2, 0) is 20.9 Å². The van der Waals surface area contributed by atoms with Crippen molar-refractivity contribution in [2.45, 2.75) is 57.5 Å². The Kier molecular flexibility index (Phi) is 14.3. The molecule has 8 atom stereocenters. The summed E-state index contributed by atoms with van der Waals surface area (Å²) >= 11 is 5.86. The first-order valence-electron chi connectivity index (χ1n) is 12.2. The van der Waals surface area contributed by atoms with Gasteiger partial charge in [-0.3, -0.25) is 0 Å². The fraction of sp³-hybridized carbons (Fsp3) is 0.435. The Morgan fingerprint density at radius 3 is 2.15 bits per heavy atom. The predicted octanol–water partition coefficient (Wildman–Crippen LogP) is 6.27. The van der Waals surface area contributed by atoms with Crippen LogP contribution in [0.3, 0.4) is 0 Å². The van der Waals surface area contributed by atoms with Crippen molar-refractivity contribution in [1.29, 1.82) is 0 Å². The van der Waals surface area contributed by atoms with Gasteiger partial charge >= 0.3 is 15.1 Å². The molecule has 0 aliphatic carbocycles. The second kappa shape index (κ2) is 16.1. The van der Waals surface area contributed by atoms with Crippen LogP contribution in [0.25, 0.3) is 0 Å². The molecule has 8 unspecified atom stereocenters. The molecule has 0 radical (unpaired) electrons. The summed E-state index contributed by atoms with van der Waals surface area (Å²) < 4.78 is 29.6. The van der Waals surface area contributed by atoms with Crippen molar-refractivity contribution in [1.82, 2.24) is 4.78 Å². The summed E-state index contributed by atoms with van der Waals surface area (Å²) in [6.07, 6.45) is 1.56. The largest absolute Gasteiger partial charge is 0.697 e. The van der Waals surface area contributed by atoms with Crippen molar-refractivity contribution in [3.05, 3.63) is 59.7 Å². The number of benzene rings is 2. The quantitative estimate of drug-likeness (QED) is 0.0590. The highest BCUT2D eigenvalue weighted by atomic mass is 32.5. The molecule has 40 heavy (non-hydrogen) atoms.